The van der Waals surface area contributed by atoms with Gasteiger partial charge in [-0.15, -0.1) is 0 Å². The number of likely N-dealkylation sites (tertiary alicyclic amines) is 1. The van der Waals surface area contributed by atoms with Gasteiger partial charge in [-0.2, -0.15) is 0 Å². The second kappa shape index (κ2) is 6.46. The van der Waals surface area contributed by atoms with Gasteiger partial charge < -0.3 is 14.2 Å². The van der Waals surface area contributed by atoms with Gasteiger partial charge in [0.2, 0.25) is 0 Å². The SMILES string of the molecule is CN1CCc2nc(C3CCCN3C(=O)c3cc4ccccc4o3)ncc2C1. The Labute approximate surface area is 157 Å². The lowest BCUT2D eigenvalue weighted by Gasteiger charge is -2.26. The molecule has 1 unspecified atom stereocenters. The first-order chi connectivity index (χ1) is 13.2. The number of aromatic nitrogens is 2. The van der Waals surface area contributed by atoms with Crippen LogP contribution in [0.4, 0.5) is 0 Å². The zero-order valence-corrected chi connectivity index (χ0v) is 15.4. The second-order valence-electron chi connectivity index (χ2n) is 7.49. The third kappa shape index (κ3) is 2.90. The Morgan fingerprint density at radius 1 is 1.26 bits per heavy atom. The van der Waals surface area contributed by atoms with Gasteiger partial charge in [-0.25, -0.2) is 9.97 Å². The zero-order chi connectivity index (χ0) is 18.4. The van der Waals surface area contributed by atoms with Crippen LogP contribution in [-0.2, 0) is 13.0 Å². The minimum atomic E-state index is -0.0743. The molecule has 0 spiro atoms. The highest BCUT2D eigenvalue weighted by molar-refractivity contribution is 5.96. The number of hydrogen-bond acceptors (Lipinski definition) is 5. The van der Waals surface area contributed by atoms with Crippen molar-refractivity contribution >= 4 is 16.9 Å². The van der Waals surface area contributed by atoms with Crippen molar-refractivity contribution in [3.8, 4) is 0 Å². The number of rotatable bonds is 2. The van der Waals surface area contributed by atoms with E-state index in [1.54, 1.807) is 0 Å². The second-order valence-corrected chi connectivity index (χ2v) is 7.49. The Balaban J connectivity index is 1.44. The van der Waals surface area contributed by atoms with Crippen LogP contribution in [-0.4, -0.2) is 45.8 Å². The molecule has 2 aliphatic rings. The molecule has 1 atom stereocenters. The summed E-state index contributed by atoms with van der Waals surface area (Å²) in [4.78, 5) is 26.7. The monoisotopic (exact) mass is 362 g/mol. The predicted molar refractivity (Wildman–Crippen MR) is 101 cm³/mol. The lowest BCUT2D eigenvalue weighted by atomic mass is 10.1. The van der Waals surface area contributed by atoms with Crippen LogP contribution in [0.2, 0.25) is 0 Å². The molecule has 4 heterocycles. The molecule has 27 heavy (non-hydrogen) atoms. The van der Waals surface area contributed by atoms with Gasteiger partial charge in [0.05, 0.1) is 6.04 Å². The summed E-state index contributed by atoms with van der Waals surface area (Å²) in [5, 5.41) is 0.950. The summed E-state index contributed by atoms with van der Waals surface area (Å²) in [6.45, 7) is 2.61. The average molecular weight is 362 g/mol. The van der Waals surface area contributed by atoms with Crippen molar-refractivity contribution < 1.29 is 9.21 Å². The number of carbonyl (C=O) groups is 1. The van der Waals surface area contributed by atoms with Crippen LogP contribution in [0, 0.1) is 0 Å². The Morgan fingerprint density at radius 3 is 3.04 bits per heavy atom. The van der Waals surface area contributed by atoms with Crippen molar-refractivity contribution in [3.63, 3.8) is 0 Å². The van der Waals surface area contributed by atoms with Gasteiger partial charge in [0.1, 0.15) is 5.58 Å². The molecule has 0 saturated carbocycles. The van der Waals surface area contributed by atoms with Gasteiger partial charge in [0.25, 0.3) is 5.91 Å². The van der Waals surface area contributed by atoms with E-state index in [1.165, 1.54) is 5.56 Å². The number of furan rings is 1. The summed E-state index contributed by atoms with van der Waals surface area (Å²) in [6.07, 6.45) is 4.73. The summed E-state index contributed by atoms with van der Waals surface area (Å²) in [6, 6.07) is 9.46. The van der Waals surface area contributed by atoms with Crippen molar-refractivity contribution in [2.75, 3.05) is 20.1 Å². The van der Waals surface area contributed by atoms with E-state index in [9.17, 15) is 4.79 Å². The van der Waals surface area contributed by atoms with Crippen LogP contribution in [0.25, 0.3) is 11.0 Å². The maximum absolute atomic E-state index is 13.1. The molecule has 6 heteroatoms. The highest BCUT2D eigenvalue weighted by Gasteiger charge is 2.34. The van der Waals surface area contributed by atoms with E-state index in [-0.39, 0.29) is 11.9 Å². The Bertz CT molecular complexity index is 979. The van der Waals surface area contributed by atoms with Crippen molar-refractivity contribution in [1.82, 2.24) is 19.8 Å². The van der Waals surface area contributed by atoms with Crippen LogP contribution in [0.5, 0.6) is 0 Å². The van der Waals surface area contributed by atoms with Crippen molar-refractivity contribution in [2.45, 2.75) is 31.8 Å². The fourth-order valence-corrected chi connectivity index (χ4v) is 4.14. The first-order valence-electron chi connectivity index (χ1n) is 9.52. The van der Waals surface area contributed by atoms with Gasteiger partial charge in [-0.1, -0.05) is 18.2 Å². The average Bonchev–Trinajstić information content (AvgIpc) is 3.34. The van der Waals surface area contributed by atoms with Gasteiger partial charge >= 0.3 is 0 Å². The molecule has 1 aromatic carbocycles. The minimum Gasteiger partial charge on any atom is -0.451 e. The van der Waals surface area contributed by atoms with Crippen LogP contribution in [0.3, 0.4) is 0 Å². The van der Waals surface area contributed by atoms with Gasteiger partial charge in [-0.05, 0) is 32.0 Å². The fraction of sp³-hybridized carbons (Fsp3) is 0.381. The Morgan fingerprint density at radius 2 is 2.15 bits per heavy atom. The maximum Gasteiger partial charge on any atom is 0.290 e. The number of nitrogens with zero attached hydrogens (tertiary/aromatic N) is 4. The molecular formula is C21H22N4O2. The predicted octanol–water partition coefficient (Wildman–Crippen LogP) is 3.19. The molecule has 1 fully saturated rings. The lowest BCUT2D eigenvalue weighted by Crippen LogP contribution is -2.32. The lowest BCUT2D eigenvalue weighted by molar-refractivity contribution is 0.0699. The number of likely N-dealkylation sites (N-methyl/N-ethyl adjacent to an activating group) is 1. The number of para-hydroxylation sites is 1. The molecule has 1 saturated heterocycles. The van der Waals surface area contributed by atoms with Crippen molar-refractivity contribution in [2.24, 2.45) is 0 Å². The molecule has 0 N–H and O–H groups in total. The molecule has 1 amide bonds. The molecule has 0 bridgehead atoms. The van der Waals surface area contributed by atoms with E-state index >= 15 is 0 Å². The van der Waals surface area contributed by atoms with Gasteiger partial charge in [0.15, 0.2) is 11.6 Å². The summed E-state index contributed by atoms with van der Waals surface area (Å²) in [5.74, 6) is 1.08. The number of carbonyl (C=O) groups excluding carboxylic acids is 1. The highest BCUT2D eigenvalue weighted by atomic mass is 16.3. The normalized spacial score (nSPS) is 20.2. The van der Waals surface area contributed by atoms with E-state index in [4.69, 9.17) is 9.40 Å². The number of benzene rings is 1. The number of hydrogen-bond donors (Lipinski definition) is 0. The van der Waals surface area contributed by atoms with Crippen molar-refractivity contribution in [3.05, 3.63) is 59.4 Å². The Hall–Kier alpha value is -2.73. The molecule has 3 aromatic rings. The van der Waals surface area contributed by atoms with Gasteiger partial charge in [-0.3, -0.25) is 4.79 Å². The van der Waals surface area contributed by atoms with Crippen LogP contribution in [0.1, 0.15) is 46.5 Å². The molecule has 2 aliphatic heterocycles. The first kappa shape index (κ1) is 16.4. The minimum absolute atomic E-state index is 0.0735. The van der Waals surface area contributed by atoms with Crippen LogP contribution < -0.4 is 0 Å². The summed E-state index contributed by atoms with van der Waals surface area (Å²) in [5.41, 5.74) is 3.06. The van der Waals surface area contributed by atoms with E-state index < -0.39 is 0 Å². The Kier molecular flexibility index (Phi) is 3.93. The van der Waals surface area contributed by atoms with E-state index in [1.807, 2.05) is 41.4 Å². The summed E-state index contributed by atoms with van der Waals surface area (Å²) >= 11 is 0. The quantitative estimate of drug-likeness (QED) is 0.701. The maximum atomic E-state index is 13.1. The largest absolute Gasteiger partial charge is 0.451 e. The van der Waals surface area contributed by atoms with Crippen LogP contribution >= 0.6 is 0 Å². The van der Waals surface area contributed by atoms with Crippen LogP contribution in [0.15, 0.2) is 40.9 Å². The number of amides is 1. The molecule has 0 aliphatic carbocycles. The molecule has 5 rings (SSSR count). The topological polar surface area (TPSA) is 62.5 Å². The summed E-state index contributed by atoms with van der Waals surface area (Å²) in [7, 11) is 2.11. The molecule has 2 aromatic heterocycles. The van der Waals surface area contributed by atoms with E-state index in [0.29, 0.717) is 12.3 Å². The fourth-order valence-electron chi connectivity index (χ4n) is 4.14. The number of fused-ring (bicyclic) bond motifs is 2. The standard InChI is InChI=1S/C21H22N4O2/c1-24-10-8-16-15(13-24)12-22-20(23-16)17-6-4-9-25(17)21(26)19-11-14-5-2-3-7-18(14)27-19/h2-3,5,7,11-12,17H,4,6,8-10,13H2,1H3. The molecular weight excluding hydrogens is 340 g/mol. The third-order valence-electron chi connectivity index (χ3n) is 5.59. The highest BCUT2D eigenvalue weighted by Crippen LogP contribution is 2.33. The zero-order valence-electron chi connectivity index (χ0n) is 15.4. The first-order valence-corrected chi connectivity index (χ1v) is 9.52. The summed E-state index contributed by atoms with van der Waals surface area (Å²) < 4.78 is 5.79. The van der Waals surface area contributed by atoms with E-state index in [2.05, 4.69) is 16.9 Å². The molecule has 138 valence electrons. The molecule has 6 nitrogen and oxygen atoms in total. The smallest absolute Gasteiger partial charge is 0.290 e. The third-order valence-corrected chi connectivity index (χ3v) is 5.59. The van der Waals surface area contributed by atoms with Crippen molar-refractivity contribution in [1.29, 1.82) is 0 Å². The van der Waals surface area contributed by atoms with Gasteiger partial charge in [0, 0.05) is 48.9 Å². The molecule has 0 radical (unpaired) electrons. The van der Waals surface area contributed by atoms with E-state index in [0.717, 1.165) is 54.8 Å².